The van der Waals surface area contributed by atoms with Gasteiger partial charge in [0.1, 0.15) is 5.56 Å². The van der Waals surface area contributed by atoms with Crippen LogP contribution in [0.25, 0.3) is 11.5 Å². The van der Waals surface area contributed by atoms with Crippen molar-refractivity contribution in [3.63, 3.8) is 0 Å². The Labute approximate surface area is 161 Å². The Balaban J connectivity index is 1.63. The Morgan fingerprint density at radius 3 is 2.93 bits per heavy atom. The molecule has 1 atom stereocenters. The van der Waals surface area contributed by atoms with Crippen molar-refractivity contribution in [3.05, 3.63) is 28.7 Å². The number of piperidine rings is 1. The smallest absolute Gasteiger partial charge is 0.310 e. The molecule has 1 fully saturated rings. The monoisotopic (exact) mass is 389 g/mol. The molecule has 10 heteroatoms. The Morgan fingerprint density at radius 2 is 2.21 bits per heavy atom. The molecule has 1 saturated heterocycles. The van der Waals surface area contributed by atoms with Crippen molar-refractivity contribution in [2.24, 2.45) is 5.92 Å². The molecule has 1 amide bonds. The molecular formula is C18H23N5O5. The van der Waals surface area contributed by atoms with Gasteiger partial charge in [0.2, 0.25) is 5.91 Å². The molecule has 150 valence electrons. The Hall–Kier alpha value is -3.04. The number of aryl methyl sites for hydroxylation is 2. The summed E-state index contributed by atoms with van der Waals surface area (Å²) in [5.41, 5.74) is -0.162. The first-order chi connectivity index (χ1) is 13.5. The van der Waals surface area contributed by atoms with Crippen molar-refractivity contribution in [2.45, 2.75) is 39.7 Å². The second-order valence-electron chi connectivity index (χ2n) is 6.63. The van der Waals surface area contributed by atoms with E-state index in [0.717, 1.165) is 12.8 Å². The molecule has 3 rings (SSSR count). The van der Waals surface area contributed by atoms with E-state index in [0.29, 0.717) is 25.5 Å². The molecule has 1 aliphatic rings. The molecule has 0 radical (unpaired) electrons. The first-order valence-electron chi connectivity index (χ1n) is 9.29. The van der Waals surface area contributed by atoms with E-state index in [1.807, 2.05) is 0 Å². The fourth-order valence-electron chi connectivity index (χ4n) is 3.19. The summed E-state index contributed by atoms with van der Waals surface area (Å²) < 4.78 is 11.4. The second-order valence-corrected chi connectivity index (χ2v) is 6.63. The van der Waals surface area contributed by atoms with Crippen LogP contribution >= 0.6 is 0 Å². The number of likely N-dealkylation sites (tertiary alicyclic amines) is 1. The van der Waals surface area contributed by atoms with Gasteiger partial charge in [0.25, 0.3) is 11.4 Å². The Bertz CT molecular complexity index is 906. The predicted octanol–water partition coefficient (Wildman–Crippen LogP) is 0.794. The van der Waals surface area contributed by atoms with Gasteiger partial charge in [-0.2, -0.15) is 4.98 Å². The van der Waals surface area contributed by atoms with Crippen LogP contribution < -0.4 is 5.56 Å². The molecule has 0 bridgehead atoms. The quantitative estimate of drug-likeness (QED) is 0.665. The van der Waals surface area contributed by atoms with Crippen LogP contribution in [0.4, 0.5) is 0 Å². The van der Waals surface area contributed by atoms with Gasteiger partial charge in [-0.3, -0.25) is 19.0 Å². The number of esters is 1. The van der Waals surface area contributed by atoms with E-state index in [-0.39, 0.29) is 47.8 Å². The number of amides is 1. The maximum Gasteiger partial charge on any atom is 0.310 e. The largest absolute Gasteiger partial charge is 0.466 e. The van der Waals surface area contributed by atoms with Crippen LogP contribution in [-0.2, 0) is 20.9 Å². The third kappa shape index (κ3) is 4.44. The van der Waals surface area contributed by atoms with Crippen molar-refractivity contribution in [2.75, 3.05) is 19.7 Å². The minimum atomic E-state index is -0.352. The van der Waals surface area contributed by atoms with E-state index in [1.165, 1.54) is 17.1 Å². The number of carbonyl (C=O) groups is 2. The lowest BCUT2D eigenvalue weighted by atomic mass is 9.98. The molecule has 1 aliphatic heterocycles. The summed E-state index contributed by atoms with van der Waals surface area (Å²) >= 11 is 0. The number of carbonyl (C=O) groups excluding carboxylic acids is 2. The lowest BCUT2D eigenvalue weighted by Crippen LogP contribution is -2.43. The zero-order chi connectivity index (χ0) is 20.1. The van der Waals surface area contributed by atoms with Gasteiger partial charge in [-0.05, 0) is 26.7 Å². The third-order valence-electron chi connectivity index (χ3n) is 4.62. The molecule has 1 unspecified atom stereocenters. The summed E-state index contributed by atoms with van der Waals surface area (Å²) in [4.78, 5) is 46.8. The predicted molar refractivity (Wildman–Crippen MR) is 97.1 cm³/mol. The van der Waals surface area contributed by atoms with E-state index >= 15 is 0 Å². The van der Waals surface area contributed by atoms with Crippen LogP contribution in [-0.4, -0.2) is 56.2 Å². The number of hydrogen-bond acceptors (Lipinski definition) is 8. The molecule has 0 aromatic carbocycles. The summed E-state index contributed by atoms with van der Waals surface area (Å²) in [6.45, 7) is 4.87. The van der Waals surface area contributed by atoms with Crippen LogP contribution in [0.1, 0.15) is 32.0 Å². The average molecular weight is 389 g/mol. The molecule has 0 aliphatic carbocycles. The van der Waals surface area contributed by atoms with Gasteiger partial charge in [-0.1, -0.05) is 5.16 Å². The number of hydrogen-bond donors (Lipinski definition) is 0. The van der Waals surface area contributed by atoms with Crippen LogP contribution in [0, 0.1) is 12.8 Å². The maximum atomic E-state index is 12.6. The van der Waals surface area contributed by atoms with Crippen LogP contribution in [0.3, 0.4) is 0 Å². The molecule has 3 heterocycles. The molecule has 0 N–H and O–H groups in total. The van der Waals surface area contributed by atoms with E-state index < -0.39 is 0 Å². The fraction of sp³-hybridized carbons (Fsp3) is 0.556. The molecule has 28 heavy (non-hydrogen) atoms. The standard InChI is InChI=1S/C18H23N5O5/c1-3-27-18(26)13-5-4-7-22(10-13)15(24)6-8-23-11-19-9-14(17(23)25)16-20-12(2)21-28-16/h9,11,13H,3-8,10H2,1-2H3. The van der Waals surface area contributed by atoms with Gasteiger partial charge in [0.15, 0.2) is 5.82 Å². The Morgan fingerprint density at radius 1 is 1.39 bits per heavy atom. The van der Waals surface area contributed by atoms with E-state index in [1.54, 1.807) is 18.7 Å². The number of rotatable bonds is 6. The highest BCUT2D eigenvalue weighted by molar-refractivity contribution is 5.78. The molecule has 0 spiro atoms. The third-order valence-corrected chi connectivity index (χ3v) is 4.62. The summed E-state index contributed by atoms with van der Waals surface area (Å²) in [5, 5.41) is 3.67. The van der Waals surface area contributed by atoms with Gasteiger partial charge in [-0.15, -0.1) is 0 Å². The highest BCUT2D eigenvalue weighted by Gasteiger charge is 2.29. The van der Waals surface area contributed by atoms with Crippen molar-refractivity contribution in [1.82, 2.24) is 24.6 Å². The van der Waals surface area contributed by atoms with Crippen molar-refractivity contribution in [3.8, 4) is 11.5 Å². The van der Waals surface area contributed by atoms with E-state index in [4.69, 9.17) is 9.26 Å². The summed E-state index contributed by atoms with van der Waals surface area (Å²) in [5.74, 6) is -0.140. The average Bonchev–Trinajstić information content (AvgIpc) is 3.13. The van der Waals surface area contributed by atoms with Crippen LogP contribution in [0.15, 0.2) is 21.8 Å². The number of aromatic nitrogens is 4. The van der Waals surface area contributed by atoms with Crippen molar-refractivity contribution < 1.29 is 18.8 Å². The van der Waals surface area contributed by atoms with Gasteiger partial charge in [0, 0.05) is 32.3 Å². The van der Waals surface area contributed by atoms with Crippen molar-refractivity contribution >= 4 is 11.9 Å². The van der Waals surface area contributed by atoms with Crippen LogP contribution in [0.2, 0.25) is 0 Å². The zero-order valence-corrected chi connectivity index (χ0v) is 16.0. The van der Waals surface area contributed by atoms with Gasteiger partial charge >= 0.3 is 5.97 Å². The van der Waals surface area contributed by atoms with Gasteiger partial charge in [-0.25, -0.2) is 4.98 Å². The minimum absolute atomic E-state index is 0.101. The van der Waals surface area contributed by atoms with E-state index in [2.05, 4.69) is 15.1 Å². The van der Waals surface area contributed by atoms with Crippen LogP contribution in [0.5, 0.6) is 0 Å². The molecule has 2 aromatic heterocycles. The fourth-order valence-corrected chi connectivity index (χ4v) is 3.19. The first kappa shape index (κ1) is 19.7. The molecule has 10 nitrogen and oxygen atoms in total. The molecule has 2 aromatic rings. The molecule has 0 saturated carbocycles. The maximum absolute atomic E-state index is 12.6. The van der Waals surface area contributed by atoms with Gasteiger partial charge in [0.05, 0.1) is 18.9 Å². The Kier molecular flexibility index (Phi) is 6.17. The normalized spacial score (nSPS) is 16.8. The first-order valence-corrected chi connectivity index (χ1v) is 9.29. The summed E-state index contributed by atoms with van der Waals surface area (Å²) in [6, 6.07) is 0. The zero-order valence-electron chi connectivity index (χ0n) is 16.0. The highest BCUT2D eigenvalue weighted by atomic mass is 16.5. The van der Waals surface area contributed by atoms with Crippen molar-refractivity contribution in [1.29, 1.82) is 0 Å². The second kappa shape index (κ2) is 8.77. The SMILES string of the molecule is CCOC(=O)C1CCCN(C(=O)CCn2cncc(-c3nc(C)no3)c2=O)C1. The van der Waals surface area contributed by atoms with Gasteiger partial charge < -0.3 is 14.2 Å². The lowest BCUT2D eigenvalue weighted by Gasteiger charge is -2.31. The molecular weight excluding hydrogens is 366 g/mol. The minimum Gasteiger partial charge on any atom is -0.466 e. The topological polar surface area (TPSA) is 120 Å². The number of nitrogens with zero attached hydrogens (tertiary/aromatic N) is 5. The summed E-state index contributed by atoms with van der Waals surface area (Å²) in [7, 11) is 0. The summed E-state index contributed by atoms with van der Waals surface area (Å²) in [6.07, 6.45) is 4.34. The van der Waals surface area contributed by atoms with E-state index in [9.17, 15) is 14.4 Å². The highest BCUT2D eigenvalue weighted by Crippen LogP contribution is 2.19. The lowest BCUT2D eigenvalue weighted by molar-refractivity contribution is -0.151. The number of ether oxygens (including phenoxy) is 1.